The van der Waals surface area contributed by atoms with Crippen LogP contribution in [0.2, 0.25) is 0 Å². The third-order valence-electron chi connectivity index (χ3n) is 1.58. The van der Waals surface area contributed by atoms with E-state index in [0.717, 1.165) is 5.52 Å². The van der Waals surface area contributed by atoms with E-state index in [2.05, 4.69) is 23.0 Å². The average Bonchev–Trinajstić information content (AvgIpc) is 2.30. The number of nitrogens with two attached hydrogens (primary N) is 1. The molecule has 2 rings (SSSR count). The number of nitrogens with zero attached hydrogens (tertiary/aromatic N) is 2. The Morgan fingerprint density at radius 1 is 1.21 bits per heavy atom. The maximum Gasteiger partial charge on any atom is 0.192 e. The molecular weight excluding hydrogens is 176 g/mol. The minimum atomic E-state index is 1.06. The second kappa shape index (κ2) is 5.51. The van der Waals surface area contributed by atoms with Crippen molar-refractivity contribution in [1.29, 1.82) is 5.26 Å². The van der Waals surface area contributed by atoms with Gasteiger partial charge in [0.15, 0.2) is 6.19 Å². The van der Waals surface area contributed by atoms with Gasteiger partial charge in [-0.15, -0.1) is 0 Å². The van der Waals surface area contributed by atoms with E-state index in [1.165, 1.54) is 11.6 Å². The molecule has 0 bridgehead atoms. The van der Waals surface area contributed by atoms with Crippen LogP contribution in [0.5, 0.6) is 0 Å². The van der Waals surface area contributed by atoms with Crippen LogP contribution in [0.15, 0.2) is 42.6 Å². The van der Waals surface area contributed by atoms with Crippen LogP contribution in [-0.2, 0) is 0 Å². The first-order chi connectivity index (χ1) is 6.88. The zero-order valence-corrected chi connectivity index (χ0v) is 7.51. The lowest BCUT2D eigenvalue weighted by molar-refractivity contribution is 0.984. The minimum absolute atomic E-state index is 1.06. The maximum absolute atomic E-state index is 7.39. The lowest BCUT2D eigenvalue weighted by atomic mass is 10.2. The summed E-state index contributed by atoms with van der Waals surface area (Å²) in [5.74, 6) is 4.42. The molecule has 0 unspecified atom stereocenters. The molecule has 0 atom stereocenters. The smallest absolute Gasteiger partial charge is 0.192 e. The number of nitrogens with one attached hydrogen (secondary N) is 1. The molecule has 0 saturated carbocycles. The van der Waals surface area contributed by atoms with E-state index in [4.69, 9.17) is 5.26 Å². The summed E-state index contributed by atoms with van der Waals surface area (Å²) in [6.45, 7) is 0. The van der Waals surface area contributed by atoms with Crippen LogP contribution in [-0.4, -0.2) is 4.98 Å². The molecule has 1 aromatic carbocycles. The number of aromatic nitrogens is 1. The highest BCUT2D eigenvalue weighted by molar-refractivity contribution is 5.77. The molecular formula is C10H10N4. The summed E-state index contributed by atoms with van der Waals surface area (Å²) in [5, 5.41) is 8.59. The number of pyridine rings is 1. The van der Waals surface area contributed by atoms with Crippen molar-refractivity contribution in [3.05, 3.63) is 42.6 Å². The number of hydrazine groups is 1. The highest BCUT2D eigenvalue weighted by Gasteiger charge is 1.86. The van der Waals surface area contributed by atoms with Gasteiger partial charge in [0.1, 0.15) is 0 Å². The quantitative estimate of drug-likeness (QED) is 0.280. The molecule has 0 aliphatic rings. The third kappa shape index (κ3) is 2.73. The van der Waals surface area contributed by atoms with Crippen LogP contribution in [0.4, 0.5) is 0 Å². The van der Waals surface area contributed by atoms with E-state index in [1.807, 2.05) is 30.5 Å². The van der Waals surface area contributed by atoms with Gasteiger partial charge in [-0.3, -0.25) is 10.4 Å². The normalized spacial score (nSPS) is 8.29. The van der Waals surface area contributed by atoms with Crippen molar-refractivity contribution in [2.24, 2.45) is 5.84 Å². The van der Waals surface area contributed by atoms with Gasteiger partial charge < -0.3 is 0 Å². The fourth-order valence-electron chi connectivity index (χ4n) is 1.02. The van der Waals surface area contributed by atoms with Crippen molar-refractivity contribution in [2.45, 2.75) is 0 Å². The van der Waals surface area contributed by atoms with Crippen molar-refractivity contribution in [3.8, 4) is 6.19 Å². The van der Waals surface area contributed by atoms with Gasteiger partial charge in [-0.05, 0) is 12.1 Å². The van der Waals surface area contributed by atoms with Gasteiger partial charge in [-0.25, -0.2) is 5.84 Å². The monoisotopic (exact) mass is 186 g/mol. The van der Waals surface area contributed by atoms with Crippen molar-refractivity contribution < 1.29 is 0 Å². The first-order valence-electron chi connectivity index (χ1n) is 4.03. The summed E-state index contributed by atoms with van der Waals surface area (Å²) in [4.78, 5) is 4.18. The Kier molecular flexibility index (Phi) is 3.92. The summed E-state index contributed by atoms with van der Waals surface area (Å²) in [7, 11) is 0. The zero-order valence-electron chi connectivity index (χ0n) is 7.51. The van der Waals surface area contributed by atoms with Crippen LogP contribution in [0.1, 0.15) is 0 Å². The fourth-order valence-corrected chi connectivity index (χ4v) is 1.02. The Bertz CT molecular complexity index is 368. The lowest BCUT2D eigenvalue weighted by Gasteiger charge is -1.91. The van der Waals surface area contributed by atoms with E-state index < -0.39 is 0 Å². The zero-order chi connectivity index (χ0) is 10.2. The van der Waals surface area contributed by atoms with E-state index in [1.54, 1.807) is 5.43 Å². The number of benzene rings is 1. The van der Waals surface area contributed by atoms with Gasteiger partial charge in [0.2, 0.25) is 0 Å². The lowest BCUT2D eigenvalue weighted by Crippen LogP contribution is -2.12. The fraction of sp³-hybridized carbons (Fsp3) is 0. The van der Waals surface area contributed by atoms with Gasteiger partial charge in [-0.2, -0.15) is 5.26 Å². The second-order valence-corrected chi connectivity index (χ2v) is 2.45. The molecule has 0 aliphatic carbocycles. The summed E-state index contributed by atoms with van der Waals surface area (Å²) in [6, 6.07) is 12.1. The first kappa shape index (κ1) is 9.96. The van der Waals surface area contributed by atoms with Crippen molar-refractivity contribution in [3.63, 3.8) is 0 Å². The SMILES string of the molecule is N#CNN.c1ccc2ncccc2c1. The molecule has 1 aromatic heterocycles. The number of nitriles is 1. The van der Waals surface area contributed by atoms with E-state index in [9.17, 15) is 0 Å². The summed E-state index contributed by atoms with van der Waals surface area (Å²) in [5.41, 5.74) is 2.80. The second-order valence-electron chi connectivity index (χ2n) is 2.45. The molecule has 4 heteroatoms. The molecule has 4 nitrogen and oxygen atoms in total. The number of hydrogen-bond donors (Lipinski definition) is 2. The molecule has 2 aromatic rings. The summed E-state index contributed by atoms with van der Waals surface area (Å²) < 4.78 is 0. The van der Waals surface area contributed by atoms with Gasteiger partial charge in [-0.1, -0.05) is 24.3 Å². The van der Waals surface area contributed by atoms with Crippen LogP contribution < -0.4 is 11.3 Å². The Hall–Kier alpha value is -2.12. The highest BCUT2D eigenvalue weighted by atomic mass is 15.2. The Balaban J connectivity index is 0.000000213. The third-order valence-corrected chi connectivity index (χ3v) is 1.58. The largest absolute Gasteiger partial charge is 0.261 e. The Morgan fingerprint density at radius 2 is 1.86 bits per heavy atom. The van der Waals surface area contributed by atoms with Crippen LogP contribution in [0.25, 0.3) is 10.9 Å². The van der Waals surface area contributed by atoms with Gasteiger partial charge >= 0.3 is 0 Å². The highest BCUT2D eigenvalue weighted by Crippen LogP contribution is 2.07. The van der Waals surface area contributed by atoms with Crippen molar-refractivity contribution >= 4 is 10.9 Å². The predicted octanol–water partition coefficient (Wildman–Crippen LogP) is 1.17. The van der Waals surface area contributed by atoms with Gasteiger partial charge in [0, 0.05) is 11.6 Å². The van der Waals surface area contributed by atoms with Gasteiger partial charge in [0.05, 0.1) is 5.52 Å². The van der Waals surface area contributed by atoms with Crippen LogP contribution in [0.3, 0.4) is 0 Å². The maximum atomic E-state index is 7.39. The van der Waals surface area contributed by atoms with Gasteiger partial charge in [0.25, 0.3) is 0 Å². The summed E-state index contributed by atoms with van der Waals surface area (Å²) >= 11 is 0. The van der Waals surface area contributed by atoms with E-state index >= 15 is 0 Å². The molecule has 3 N–H and O–H groups in total. The molecule has 1 heterocycles. The van der Waals surface area contributed by atoms with Crippen LogP contribution >= 0.6 is 0 Å². The Morgan fingerprint density at radius 3 is 2.50 bits per heavy atom. The molecule has 14 heavy (non-hydrogen) atoms. The predicted molar refractivity (Wildman–Crippen MR) is 54.7 cm³/mol. The van der Waals surface area contributed by atoms with E-state index in [-0.39, 0.29) is 0 Å². The molecule has 0 saturated heterocycles. The molecule has 0 spiro atoms. The number of rotatable bonds is 0. The molecule has 0 amide bonds. The molecule has 0 fully saturated rings. The van der Waals surface area contributed by atoms with E-state index in [0.29, 0.717) is 0 Å². The summed E-state index contributed by atoms with van der Waals surface area (Å²) in [6.07, 6.45) is 3.27. The minimum Gasteiger partial charge on any atom is -0.261 e. The number of hydrogen-bond acceptors (Lipinski definition) is 4. The molecule has 0 radical (unpaired) electrons. The average molecular weight is 186 g/mol. The topological polar surface area (TPSA) is 74.7 Å². The first-order valence-corrected chi connectivity index (χ1v) is 4.03. The number of fused-ring (bicyclic) bond motifs is 1. The van der Waals surface area contributed by atoms with Crippen molar-refractivity contribution in [2.75, 3.05) is 0 Å². The Labute approximate surface area is 82.0 Å². The van der Waals surface area contributed by atoms with Crippen LogP contribution in [0, 0.1) is 11.5 Å². The molecule has 0 aliphatic heterocycles. The van der Waals surface area contributed by atoms with Crippen molar-refractivity contribution in [1.82, 2.24) is 10.4 Å². The molecule has 70 valence electrons. The standard InChI is InChI=1S/C9H7N.CH3N3/c1-2-6-9-8(4-1)5-3-7-10-9;2-1-4-3/h1-7H;4H,3H2. The number of para-hydroxylation sites is 1.